The normalized spacial score (nSPS) is 31.3. The fourth-order valence-corrected chi connectivity index (χ4v) is 3.73. The third-order valence-corrected chi connectivity index (χ3v) is 5.56. The number of thioether (sulfide) groups is 1. The van der Waals surface area contributed by atoms with Crippen LogP contribution in [-0.4, -0.2) is 29.8 Å². The van der Waals surface area contributed by atoms with Crippen LogP contribution >= 0.6 is 11.8 Å². The van der Waals surface area contributed by atoms with Gasteiger partial charge in [-0.15, -0.1) is 0 Å². The summed E-state index contributed by atoms with van der Waals surface area (Å²) in [7, 11) is 0. The Bertz CT molecular complexity index is 241. The van der Waals surface area contributed by atoms with Crippen LogP contribution in [0.2, 0.25) is 0 Å². The monoisotopic (exact) mass is 273 g/mol. The van der Waals surface area contributed by atoms with Crippen molar-refractivity contribution < 1.29 is 5.11 Å². The number of rotatable bonds is 5. The van der Waals surface area contributed by atoms with Gasteiger partial charge in [0.25, 0.3) is 0 Å². The van der Waals surface area contributed by atoms with Gasteiger partial charge in [0.15, 0.2) is 0 Å². The molecule has 1 saturated carbocycles. The Morgan fingerprint density at radius 3 is 2.28 bits per heavy atom. The minimum atomic E-state index is -0.212. The molecule has 0 aliphatic heterocycles. The maximum absolute atomic E-state index is 10.5. The summed E-state index contributed by atoms with van der Waals surface area (Å²) in [5.41, 5.74) is 6.39. The van der Waals surface area contributed by atoms with Crippen LogP contribution in [0.5, 0.6) is 0 Å². The number of nitrogens with two attached hydrogens (primary N) is 1. The summed E-state index contributed by atoms with van der Waals surface area (Å²) in [5, 5.41) is 10.5. The Hall–Kier alpha value is 0.270. The first-order valence-electron chi connectivity index (χ1n) is 7.23. The van der Waals surface area contributed by atoms with Gasteiger partial charge in [-0.3, -0.25) is 0 Å². The molecule has 1 atom stereocenters. The third-order valence-electron chi connectivity index (χ3n) is 4.91. The van der Waals surface area contributed by atoms with E-state index in [1.807, 2.05) is 11.8 Å². The molecule has 3 N–H and O–H groups in total. The molecule has 18 heavy (non-hydrogen) atoms. The van der Waals surface area contributed by atoms with Crippen LogP contribution < -0.4 is 5.73 Å². The zero-order chi connectivity index (χ0) is 13.8. The maximum Gasteiger partial charge on any atom is 0.0616 e. The summed E-state index contributed by atoms with van der Waals surface area (Å²) in [6.07, 6.45) is 7.41. The lowest BCUT2D eigenvalue weighted by Crippen LogP contribution is -2.46. The highest BCUT2D eigenvalue weighted by atomic mass is 32.2. The average molecular weight is 273 g/mol. The molecule has 1 rings (SSSR count). The minimum Gasteiger partial charge on any atom is -0.392 e. The van der Waals surface area contributed by atoms with E-state index in [-0.39, 0.29) is 11.5 Å². The third kappa shape index (κ3) is 3.88. The van der Waals surface area contributed by atoms with Crippen molar-refractivity contribution in [2.75, 3.05) is 18.6 Å². The van der Waals surface area contributed by atoms with Gasteiger partial charge in [0.05, 0.1) is 6.10 Å². The lowest BCUT2D eigenvalue weighted by atomic mass is 9.62. The summed E-state index contributed by atoms with van der Waals surface area (Å²) < 4.78 is 0. The van der Waals surface area contributed by atoms with Crippen molar-refractivity contribution in [2.24, 2.45) is 22.5 Å². The molecule has 0 heterocycles. The number of aliphatic hydroxyl groups is 1. The molecule has 3 heteroatoms. The van der Waals surface area contributed by atoms with E-state index in [4.69, 9.17) is 5.73 Å². The van der Waals surface area contributed by atoms with Gasteiger partial charge in [-0.2, -0.15) is 11.8 Å². The fraction of sp³-hybridized carbons (Fsp3) is 1.00. The fourth-order valence-electron chi connectivity index (χ4n) is 3.27. The van der Waals surface area contributed by atoms with Crippen molar-refractivity contribution in [3.05, 3.63) is 0 Å². The van der Waals surface area contributed by atoms with Gasteiger partial charge in [-0.25, -0.2) is 0 Å². The standard InChI is InChI=1S/C15H31NOS/c1-14(2,3)12-5-8-15(11-16,9-6-12)13(17)7-10-18-4/h12-13,17H,5-11,16H2,1-4H3. The molecule has 0 aromatic carbocycles. The van der Waals surface area contributed by atoms with E-state index in [0.29, 0.717) is 12.0 Å². The second-order valence-electron chi connectivity index (χ2n) is 7.00. The minimum absolute atomic E-state index is 0.00250. The van der Waals surface area contributed by atoms with E-state index in [1.54, 1.807) is 0 Å². The van der Waals surface area contributed by atoms with E-state index in [1.165, 1.54) is 12.8 Å². The van der Waals surface area contributed by atoms with E-state index >= 15 is 0 Å². The Kier molecular flexibility index (Phi) is 6.01. The smallest absolute Gasteiger partial charge is 0.0616 e. The largest absolute Gasteiger partial charge is 0.392 e. The van der Waals surface area contributed by atoms with E-state index in [9.17, 15) is 5.11 Å². The first kappa shape index (κ1) is 16.3. The number of hydrogen-bond acceptors (Lipinski definition) is 3. The molecular weight excluding hydrogens is 242 g/mol. The van der Waals surface area contributed by atoms with Crippen molar-refractivity contribution >= 4 is 11.8 Å². The molecule has 0 spiro atoms. The van der Waals surface area contributed by atoms with Crippen molar-refractivity contribution in [3.63, 3.8) is 0 Å². The Balaban J connectivity index is 2.59. The highest BCUT2D eigenvalue weighted by Crippen LogP contribution is 2.47. The van der Waals surface area contributed by atoms with Gasteiger partial charge in [0, 0.05) is 12.0 Å². The molecule has 1 fully saturated rings. The van der Waals surface area contributed by atoms with Crippen LogP contribution in [0.1, 0.15) is 52.9 Å². The van der Waals surface area contributed by atoms with Gasteiger partial charge in [-0.1, -0.05) is 20.8 Å². The second-order valence-corrected chi connectivity index (χ2v) is 7.99. The molecule has 0 radical (unpaired) electrons. The molecular formula is C15H31NOS. The quantitative estimate of drug-likeness (QED) is 0.808. The molecule has 1 aliphatic carbocycles. The highest BCUT2D eigenvalue weighted by Gasteiger charge is 2.42. The molecule has 0 aromatic rings. The summed E-state index contributed by atoms with van der Waals surface area (Å²) in [5.74, 6) is 1.82. The summed E-state index contributed by atoms with van der Waals surface area (Å²) in [4.78, 5) is 0. The van der Waals surface area contributed by atoms with Crippen LogP contribution in [0.3, 0.4) is 0 Å². The topological polar surface area (TPSA) is 46.2 Å². The van der Waals surface area contributed by atoms with Gasteiger partial charge in [0.1, 0.15) is 0 Å². The van der Waals surface area contributed by atoms with Crippen LogP contribution in [0.15, 0.2) is 0 Å². The van der Waals surface area contributed by atoms with Gasteiger partial charge in [0.2, 0.25) is 0 Å². The number of aliphatic hydroxyl groups excluding tert-OH is 1. The lowest BCUT2D eigenvalue weighted by molar-refractivity contribution is -0.0225. The van der Waals surface area contributed by atoms with Crippen LogP contribution in [0, 0.1) is 16.7 Å². The maximum atomic E-state index is 10.5. The van der Waals surface area contributed by atoms with E-state index in [2.05, 4.69) is 27.0 Å². The first-order valence-corrected chi connectivity index (χ1v) is 8.62. The zero-order valence-corrected chi connectivity index (χ0v) is 13.4. The predicted octanol–water partition coefficient (Wildman–Crippen LogP) is 3.28. The first-order chi connectivity index (χ1) is 8.35. The SMILES string of the molecule is CSCCC(O)C1(CN)CCC(C(C)(C)C)CC1. The Morgan fingerprint density at radius 1 is 1.33 bits per heavy atom. The highest BCUT2D eigenvalue weighted by molar-refractivity contribution is 7.98. The van der Waals surface area contributed by atoms with Crippen molar-refractivity contribution in [3.8, 4) is 0 Å². The van der Waals surface area contributed by atoms with Crippen molar-refractivity contribution in [1.29, 1.82) is 0 Å². The molecule has 2 nitrogen and oxygen atoms in total. The predicted molar refractivity (Wildman–Crippen MR) is 81.9 cm³/mol. The Labute approximate surface area is 117 Å². The van der Waals surface area contributed by atoms with Gasteiger partial charge >= 0.3 is 0 Å². The molecule has 1 unspecified atom stereocenters. The number of hydrogen-bond donors (Lipinski definition) is 2. The summed E-state index contributed by atoms with van der Waals surface area (Å²) in [6.45, 7) is 7.63. The van der Waals surface area contributed by atoms with Crippen molar-refractivity contribution in [2.45, 2.75) is 59.0 Å². The van der Waals surface area contributed by atoms with E-state index < -0.39 is 0 Å². The van der Waals surface area contributed by atoms with Crippen LogP contribution in [-0.2, 0) is 0 Å². The van der Waals surface area contributed by atoms with E-state index in [0.717, 1.165) is 30.9 Å². The van der Waals surface area contributed by atoms with Crippen LogP contribution in [0.4, 0.5) is 0 Å². The van der Waals surface area contributed by atoms with Gasteiger partial charge in [-0.05, 0) is 55.4 Å². The zero-order valence-electron chi connectivity index (χ0n) is 12.5. The van der Waals surface area contributed by atoms with Crippen molar-refractivity contribution in [1.82, 2.24) is 0 Å². The second kappa shape index (κ2) is 6.62. The molecule has 1 aliphatic rings. The molecule has 0 amide bonds. The van der Waals surface area contributed by atoms with Gasteiger partial charge < -0.3 is 10.8 Å². The lowest BCUT2D eigenvalue weighted by Gasteiger charge is -2.46. The summed E-state index contributed by atoms with van der Waals surface area (Å²) >= 11 is 1.81. The average Bonchev–Trinajstić information content (AvgIpc) is 2.34. The summed E-state index contributed by atoms with van der Waals surface area (Å²) in [6, 6.07) is 0. The molecule has 0 aromatic heterocycles. The molecule has 0 saturated heterocycles. The van der Waals surface area contributed by atoms with Crippen LogP contribution in [0.25, 0.3) is 0 Å². The molecule has 0 bridgehead atoms. The molecule has 108 valence electrons. The Morgan fingerprint density at radius 2 is 1.89 bits per heavy atom.